The van der Waals surface area contributed by atoms with Crippen molar-refractivity contribution in [2.45, 2.75) is 32.9 Å². The molecule has 1 N–H and O–H groups in total. The zero-order valence-electron chi connectivity index (χ0n) is 17.9. The molecule has 0 radical (unpaired) electrons. The number of aliphatic hydroxyl groups is 1. The fraction of sp³-hybridized carbons (Fsp3) is 0.240. The van der Waals surface area contributed by atoms with Crippen LogP contribution in [0.2, 0.25) is 0 Å². The SMILES string of the molecule is CCCOc1cccc(/C(O)=C2/C(=O)C(=O)N(Cc3ccccn3)C2c2ccc(C)o2)c1. The van der Waals surface area contributed by atoms with Crippen LogP contribution in [0.4, 0.5) is 0 Å². The quantitative estimate of drug-likeness (QED) is 0.338. The van der Waals surface area contributed by atoms with E-state index in [4.69, 9.17) is 9.15 Å². The molecule has 1 atom stereocenters. The summed E-state index contributed by atoms with van der Waals surface area (Å²) in [6, 6.07) is 14.8. The zero-order valence-corrected chi connectivity index (χ0v) is 17.9. The average molecular weight is 432 g/mol. The van der Waals surface area contributed by atoms with Crippen molar-refractivity contribution in [1.82, 2.24) is 9.88 Å². The highest BCUT2D eigenvalue weighted by Gasteiger charge is 2.47. The maximum absolute atomic E-state index is 13.1. The van der Waals surface area contributed by atoms with E-state index in [1.165, 1.54) is 4.90 Å². The normalized spacial score (nSPS) is 17.7. The number of hydrogen-bond acceptors (Lipinski definition) is 6. The number of ketones is 1. The molecular formula is C25H24N2O5. The lowest BCUT2D eigenvalue weighted by Gasteiger charge is -2.23. The molecule has 7 nitrogen and oxygen atoms in total. The molecule has 3 heterocycles. The molecule has 4 rings (SSSR count). The van der Waals surface area contributed by atoms with E-state index in [0.29, 0.717) is 35.1 Å². The number of amides is 1. The Morgan fingerprint density at radius 2 is 2.00 bits per heavy atom. The van der Waals surface area contributed by atoms with Crippen LogP contribution in [-0.2, 0) is 16.1 Å². The number of pyridine rings is 1. The van der Waals surface area contributed by atoms with E-state index in [1.807, 2.05) is 13.0 Å². The summed E-state index contributed by atoms with van der Waals surface area (Å²) in [4.78, 5) is 31.7. The number of furan rings is 1. The van der Waals surface area contributed by atoms with Gasteiger partial charge in [-0.25, -0.2) is 0 Å². The number of ether oxygens (including phenoxy) is 1. The predicted molar refractivity (Wildman–Crippen MR) is 118 cm³/mol. The summed E-state index contributed by atoms with van der Waals surface area (Å²) in [5, 5.41) is 11.1. The maximum Gasteiger partial charge on any atom is 0.296 e. The Morgan fingerprint density at radius 3 is 2.69 bits per heavy atom. The Bertz CT molecular complexity index is 1170. The summed E-state index contributed by atoms with van der Waals surface area (Å²) >= 11 is 0. The van der Waals surface area contributed by atoms with Crippen molar-refractivity contribution >= 4 is 17.4 Å². The fourth-order valence-electron chi connectivity index (χ4n) is 3.71. The van der Waals surface area contributed by atoms with Gasteiger partial charge in [-0.2, -0.15) is 0 Å². The van der Waals surface area contributed by atoms with Crippen molar-refractivity contribution in [1.29, 1.82) is 0 Å². The predicted octanol–water partition coefficient (Wildman–Crippen LogP) is 4.39. The van der Waals surface area contributed by atoms with Crippen molar-refractivity contribution in [2.24, 2.45) is 0 Å². The summed E-state index contributed by atoms with van der Waals surface area (Å²) < 4.78 is 11.4. The van der Waals surface area contributed by atoms with Crippen molar-refractivity contribution in [3.63, 3.8) is 0 Å². The Kier molecular flexibility index (Phi) is 6.07. The number of carbonyl (C=O) groups excluding carboxylic acids is 2. The van der Waals surface area contributed by atoms with Gasteiger partial charge in [-0.15, -0.1) is 0 Å². The van der Waals surface area contributed by atoms with E-state index in [0.717, 1.165) is 6.42 Å². The standard InChI is InChI=1S/C25H24N2O5/c1-3-13-31-19-9-6-7-17(14-19)23(28)21-22(20-11-10-16(2)32-20)27(25(30)24(21)29)15-18-8-4-5-12-26-18/h4-12,14,22,28H,3,13,15H2,1-2H3/b23-21-. The molecule has 1 aromatic carbocycles. The molecule has 2 aromatic heterocycles. The number of likely N-dealkylation sites (tertiary alicyclic amines) is 1. The molecule has 1 unspecified atom stereocenters. The minimum Gasteiger partial charge on any atom is -0.507 e. The van der Waals surface area contributed by atoms with Gasteiger partial charge >= 0.3 is 0 Å². The first-order chi connectivity index (χ1) is 15.5. The highest BCUT2D eigenvalue weighted by molar-refractivity contribution is 6.46. The molecule has 1 amide bonds. The zero-order chi connectivity index (χ0) is 22.7. The number of aliphatic hydroxyl groups excluding tert-OH is 1. The van der Waals surface area contributed by atoms with Gasteiger partial charge in [0.25, 0.3) is 11.7 Å². The van der Waals surface area contributed by atoms with Crippen molar-refractivity contribution in [2.75, 3.05) is 6.61 Å². The molecule has 164 valence electrons. The summed E-state index contributed by atoms with van der Waals surface area (Å²) in [5.74, 6) is -0.139. The van der Waals surface area contributed by atoms with Gasteiger partial charge in [-0.3, -0.25) is 14.6 Å². The minimum atomic E-state index is -0.870. The molecule has 0 aliphatic carbocycles. The first kappa shape index (κ1) is 21.4. The van der Waals surface area contributed by atoms with Gasteiger partial charge in [0.15, 0.2) is 0 Å². The molecule has 0 bridgehead atoms. The first-order valence-electron chi connectivity index (χ1n) is 10.5. The minimum absolute atomic E-state index is 0.0204. The highest BCUT2D eigenvalue weighted by Crippen LogP contribution is 2.41. The fourth-order valence-corrected chi connectivity index (χ4v) is 3.71. The van der Waals surface area contributed by atoms with Crippen LogP contribution in [0.3, 0.4) is 0 Å². The molecule has 0 saturated carbocycles. The summed E-state index contributed by atoms with van der Waals surface area (Å²) in [6.45, 7) is 4.41. The van der Waals surface area contributed by atoms with Crippen LogP contribution in [0.1, 0.15) is 42.2 Å². The van der Waals surface area contributed by atoms with Crippen LogP contribution in [0.25, 0.3) is 5.76 Å². The van der Waals surface area contributed by atoms with Crippen LogP contribution in [-0.4, -0.2) is 33.3 Å². The average Bonchev–Trinajstić information content (AvgIpc) is 3.34. The molecule has 7 heteroatoms. The first-order valence-corrected chi connectivity index (χ1v) is 10.5. The molecule has 3 aromatic rings. The van der Waals surface area contributed by atoms with Gasteiger partial charge in [-0.1, -0.05) is 25.1 Å². The molecular weight excluding hydrogens is 408 g/mol. The third-order valence-corrected chi connectivity index (χ3v) is 5.21. The molecule has 1 fully saturated rings. The molecule has 1 aliphatic heterocycles. The van der Waals surface area contributed by atoms with Gasteiger partial charge < -0.3 is 19.2 Å². The number of benzene rings is 1. The number of hydrogen-bond donors (Lipinski definition) is 1. The van der Waals surface area contributed by atoms with E-state index in [9.17, 15) is 14.7 Å². The highest BCUT2D eigenvalue weighted by atomic mass is 16.5. The van der Waals surface area contributed by atoms with Crippen LogP contribution in [0, 0.1) is 6.92 Å². The Balaban J connectivity index is 1.80. The van der Waals surface area contributed by atoms with Crippen LogP contribution in [0.15, 0.2) is 70.8 Å². The number of aryl methyl sites for hydroxylation is 1. The summed E-state index contributed by atoms with van der Waals surface area (Å²) in [5.41, 5.74) is 0.994. The van der Waals surface area contributed by atoms with Crippen LogP contribution >= 0.6 is 0 Å². The second-order valence-electron chi connectivity index (χ2n) is 7.57. The van der Waals surface area contributed by atoms with Crippen LogP contribution < -0.4 is 4.74 Å². The van der Waals surface area contributed by atoms with Crippen molar-refractivity contribution in [3.8, 4) is 5.75 Å². The van der Waals surface area contributed by atoms with Crippen molar-refractivity contribution < 1.29 is 23.8 Å². The van der Waals surface area contributed by atoms with E-state index in [1.54, 1.807) is 61.7 Å². The Hall–Kier alpha value is -3.87. The topological polar surface area (TPSA) is 92.9 Å². The third-order valence-electron chi connectivity index (χ3n) is 5.21. The largest absolute Gasteiger partial charge is 0.507 e. The van der Waals surface area contributed by atoms with E-state index in [-0.39, 0.29) is 17.9 Å². The number of nitrogens with zero attached hydrogens (tertiary/aromatic N) is 2. The summed E-state index contributed by atoms with van der Waals surface area (Å²) in [7, 11) is 0. The monoisotopic (exact) mass is 432 g/mol. The third kappa shape index (κ3) is 4.14. The summed E-state index contributed by atoms with van der Waals surface area (Å²) in [6.07, 6.45) is 2.46. The van der Waals surface area contributed by atoms with Crippen molar-refractivity contribution in [3.05, 3.63) is 89.1 Å². The molecule has 32 heavy (non-hydrogen) atoms. The van der Waals surface area contributed by atoms with Gasteiger partial charge in [-0.05, 0) is 49.7 Å². The lowest BCUT2D eigenvalue weighted by molar-refractivity contribution is -0.140. The number of carbonyl (C=O) groups is 2. The van der Waals surface area contributed by atoms with E-state index in [2.05, 4.69) is 4.98 Å². The van der Waals surface area contributed by atoms with Gasteiger partial charge in [0.05, 0.1) is 24.4 Å². The maximum atomic E-state index is 13.1. The van der Waals surface area contributed by atoms with Gasteiger partial charge in [0, 0.05) is 11.8 Å². The number of aromatic nitrogens is 1. The number of rotatable bonds is 7. The Labute approximate surface area is 186 Å². The smallest absolute Gasteiger partial charge is 0.296 e. The van der Waals surface area contributed by atoms with Gasteiger partial charge in [0.2, 0.25) is 0 Å². The molecule has 1 aliphatic rings. The Morgan fingerprint density at radius 1 is 1.16 bits per heavy atom. The molecule has 0 spiro atoms. The lowest BCUT2D eigenvalue weighted by Crippen LogP contribution is -2.29. The molecule has 1 saturated heterocycles. The lowest BCUT2D eigenvalue weighted by atomic mass is 9.99. The second kappa shape index (κ2) is 9.09. The number of Topliss-reactive ketones (excluding diaryl/α,β-unsaturated/α-hetero) is 1. The second-order valence-corrected chi connectivity index (χ2v) is 7.57. The van der Waals surface area contributed by atoms with E-state index >= 15 is 0 Å². The van der Waals surface area contributed by atoms with Crippen LogP contribution in [0.5, 0.6) is 5.75 Å². The van der Waals surface area contributed by atoms with Gasteiger partial charge in [0.1, 0.15) is 29.1 Å². The van der Waals surface area contributed by atoms with E-state index < -0.39 is 17.7 Å².